The molecule has 0 spiro atoms. The molecular formula is C13H26N2O. The van der Waals surface area contributed by atoms with Gasteiger partial charge in [0, 0.05) is 26.2 Å². The minimum Gasteiger partial charge on any atom is -0.376 e. The molecule has 0 amide bonds. The number of nitrogens with zero attached hydrogens (tertiary/aromatic N) is 1. The standard InChI is InChI=1S/C13H26N2O/c1-3-12-9-15(7-8-16-12)11-13(2)5-4-6-14-10-13/h12,14H,3-11H2,1-2H3. The summed E-state index contributed by atoms with van der Waals surface area (Å²) in [6.07, 6.45) is 4.31. The Morgan fingerprint density at radius 3 is 3.06 bits per heavy atom. The molecule has 2 aliphatic rings. The van der Waals surface area contributed by atoms with Gasteiger partial charge >= 0.3 is 0 Å². The maximum Gasteiger partial charge on any atom is 0.0700 e. The number of morpholine rings is 1. The molecule has 0 aromatic heterocycles. The van der Waals surface area contributed by atoms with E-state index >= 15 is 0 Å². The second kappa shape index (κ2) is 5.48. The zero-order valence-corrected chi connectivity index (χ0v) is 10.8. The molecule has 94 valence electrons. The van der Waals surface area contributed by atoms with Gasteiger partial charge in [0.2, 0.25) is 0 Å². The quantitative estimate of drug-likeness (QED) is 0.789. The van der Waals surface area contributed by atoms with Gasteiger partial charge in [-0.05, 0) is 31.2 Å². The second-order valence-corrected chi connectivity index (χ2v) is 5.73. The Labute approximate surface area is 99.5 Å². The number of nitrogens with one attached hydrogen (secondary N) is 1. The van der Waals surface area contributed by atoms with E-state index < -0.39 is 0 Å². The van der Waals surface area contributed by atoms with E-state index in [1.165, 1.54) is 32.5 Å². The van der Waals surface area contributed by atoms with E-state index in [0.717, 1.165) is 26.1 Å². The Morgan fingerprint density at radius 2 is 2.38 bits per heavy atom. The van der Waals surface area contributed by atoms with Crippen LogP contribution < -0.4 is 5.32 Å². The van der Waals surface area contributed by atoms with Gasteiger partial charge in [-0.1, -0.05) is 13.8 Å². The largest absolute Gasteiger partial charge is 0.376 e. The highest BCUT2D eigenvalue weighted by atomic mass is 16.5. The van der Waals surface area contributed by atoms with E-state index in [9.17, 15) is 0 Å². The van der Waals surface area contributed by atoms with Crippen LogP contribution in [0, 0.1) is 5.41 Å². The second-order valence-electron chi connectivity index (χ2n) is 5.73. The third kappa shape index (κ3) is 3.19. The summed E-state index contributed by atoms with van der Waals surface area (Å²) in [7, 11) is 0. The Kier molecular flexibility index (Phi) is 4.22. The number of ether oxygens (including phenoxy) is 1. The summed E-state index contributed by atoms with van der Waals surface area (Å²) in [5, 5.41) is 3.53. The summed E-state index contributed by atoms with van der Waals surface area (Å²) in [6.45, 7) is 11.4. The topological polar surface area (TPSA) is 24.5 Å². The molecule has 3 nitrogen and oxygen atoms in total. The SMILES string of the molecule is CCC1CN(CC2(C)CCCNC2)CCO1. The lowest BCUT2D eigenvalue weighted by Crippen LogP contribution is -2.50. The third-order valence-corrected chi connectivity index (χ3v) is 3.97. The van der Waals surface area contributed by atoms with E-state index in [2.05, 4.69) is 24.1 Å². The molecule has 3 heteroatoms. The molecule has 2 fully saturated rings. The molecule has 0 aliphatic carbocycles. The van der Waals surface area contributed by atoms with E-state index in [-0.39, 0.29) is 0 Å². The molecule has 2 unspecified atom stereocenters. The van der Waals surface area contributed by atoms with E-state index in [1.54, 1.807) is 0 Å². The molecule has 2 aliphatic heterocycles. The van der Waals surface area contributed by atoms with E-state index in [4.69, 9.17) is 4.74 Å². The fourth-order valence-electron chi connectivity index (χ4n) is 2.96. The third-order valence-electron chi connectivity index (χ3n) is 3.97. The average Bonchev–Trinajstić information content (AvgIpc) is 2.29. The van der Waals surface area contributed by atoms with Crippen LogP contribution in [0.4, 0.5) is 0 Å². The van der Waals surface area contributed by atoms with Gasteiger partial charge in [0.05, 0.1) is 12.7 Å². The zero-order chi connectivity index (χ0) is 11.4. The van der Waals surface area contributed by atoms with Crippen LogP contribution in [-0.4, -0.2) is 50.3 Å². The van der Waals surface area contributed by atoms with Crippen molar-refractivity contribution in [3.05, 3.63) is 0 Å². The highest BCUT2D eigenvalue weighted by Crippen LogP contribution is 2.27. The van der Waals surface area contributed by atoms with Crippen LogP contribution in [0.15, 0.2) is 0 Å². The predicted octanol–water partition coefficient (Wildman–Crippen LogP) is 1.49. The molecule has 16 heavy (non-hydrogen) atoms. The van der Waals surface area contributed by atoms with Crippen molar-refractivity contribution in [3.8, 4) is 0 Å². The molecule has 2 atom stereocenters. The zero-order valence-electron chi connectivity index (χ0n) is 10.8. The summed E-state index contributed by atoms with van der Waals surface area (Å²) < 4.78 is 5.72. The van der Waals surface area contributed by atoms with E-state index in [0.29, 0.717) is 11.5 Å². The Hall–Kier alpha value is -0.120. The normalized spacial score (nSPS) is 37.5. The van der Waals surface area contributed by atoms with Gasteiger partial charge in [-0.15, -0.1) is 0 Å². The van der Waals surface area contributed by atoms with Crippen molar-refractivity contribution in [2.45, 2.75) is 39.2 Å². The van der Waals surface area contributed by atoms with Crippen LogP contribution in [-0.2, 0) is 4.74 Å². The van der Waals surface area contributed by atoms with Crippen molar-refractivity contribution in [1.29, 1.82) is 0 Å². The lowest BCUT2D eigenvalue weighted by atomic mass is 9.82. The minimum atomic E-state index is 0.467. The first kappa shape index (κ1) is 12.3. The number of rotatable bonds is 3. The maximum atomic E-state index is 5.72. The molecule has 0 radical (unpaired) electrons. The van der Waals surface area contributed by atoms with Crippen molar-refractivity contribution < 1.29 is 4.74 Å². The van der Waals surface area contributed by atoms with Crippen molar-refractivity contribution in [3.63, 3.8) is 0 Å². The predicted molar refractivity (Wildman–Crippen MR) is 66.7 cm³/mol. The minimum absolute atomic E-state index is 0.467. The van der Waals surface area contributed by atoms with Gasteiger partial charge in [-0.25, -0.2) is 0 Å². The van der Waals surface area contributed by atoms with Crippen LogP contribution >= 0.6 is 0 Å². The van der Waals surface area contributed by atoms with Crippen LogP contribution in [0.25, 0.3) is 0 Å². The number of hydrogen-bond donors (Lipinski definition) is 1. The first-order valence-electron chi connectivity index (χ1n) is 6.76. The number of piperidine rings is 1. The molecule has 1 N–H and O–H groups in total. The summed E-state index contributed by atoms with van der Waals surface area (Å²) in [5.74, 6) is 0. The van der Waals surface area contributed by atoms with Crippen molar-refractivity contribution in [1.82, 2.24) is 10.2 Å². The summed E-state index contributed by atoms with van der Waals surface area (Å²) in [6, 6.07) is 0. The lowest BCUT2D eigenvalue weighted by Gasteiger charge is -2.41. The van der Waals surface area contributed by atoms with Gasteiger partial charge in [-0.3, -0.25) is 4.90 Å². The monoisotopic (exact) mass is 226 g/mol. The number of hydrogen-bond acceptors (Lipinski definition) is 3. The molecule has 0 bridgehead atoms. The average molecular weight is 226 g/mol. The van der Waals surface area contributed by atoms with E-state index in [1.807, 2.05) is 0 Å². The molecule has 2 heterocycles. The highest BCUT2D eigenvalue weighted by Gasteiger charge is 2.30. The van der Waals surface area contributed by atoms with Crippen LogP contribution in [0.3, 0.4) is 0 Å². The highest BCUT2D eigenvalue weighted by molar-refractivity contribution is 4.85. The van der Waals surface area contributed by atoms with Gasteiger partial charge in [-0.2, -0.15) is 0 Å². The van der Waals surface area contributed by atoms with Gasteiger partial charge in [0.15, 0.2) is 0 Å². The molecular weight excluding hydrogens is 200 g/mol. The molecule has 0 aromatic rings. The molecule has 2 rings (SSSR count). The lowest BCUT2D eigenvalue weighted by molar-refractivity contribution is -0.0429. The summed E-state index contributed by atoms with van der Waals surface area (Å²) in [5.41, 5.74) is 0.480. The summed E-state index contributed by atoms with van der Waals surface area (Å²) >= 11 is 0. The first-order valence-corrected chi connectivity index (χ1v) is 6.76. The van der Waals surface area contributed by atoms with Gasteiger partial charge < -0.3 is 10.1 Å². The van der Waals surface area contributed by atoms with Crippen molar-refractivity contribution in [2.75, 3.05) is 39.3 Å². The van der Waals surface area contributed by atoms with Gasteiger partial charge in [0.25, 0.3) is 0 Å². The van der Waals surface area contributed by atoms with Crippen LogP contribution in [0.2, 0.25) is 0 Å². The fourth-order valence-corrected chi connectivity index (χ4v) is 2.96. The van der Waals surface area contributed by atoms with Crippen molar-refractivity contribution in [2.24, 2.45) is 5.41 Å². The van der Waals surface area contributed by atoms with Crippen molar-refractivity contribution >= 4 is 0 Å². The Balaban J connectivity index is 1.83. The molecule has 0 aromatic carbocycles. The Morgan fingerprint density at radius 1 is 1.50 bits per heavy atom. The molecule has 2 saturated heterocycles. The maximum absolute atomic E-state index is 5.72. The Bertz CT molecular complexity index is 214. The van der Waals surface area contributed by atoms with Crippen LogP contribution in [0.1, 0.15) is 33.1 Å². The summed E-state index contributed by atoms with van der Waals surface area (Å²) in [4.78, 5) is 2.60. The fraction of sp³-hybridized carbons (Fsp3) is 1.00. The molecule has 0 saturated carbocycles. The smallest absolute Gasteiger partial charge is 0.0700 e. The van der Waals surface area contributed by atoms with Gasteiger partial charge in [0.1, 0.15) is 0 Å². The van der Waals surface area contributed by atoms with Crippen LogP contribution in [0.5, 0.6) is 0 Å². The first-order chi connectivity index (χ1) is 7.72.